The number of anilines is 1. The van der Waals surface area contributed by atoms with Gasteiger partial charge in [-0.3, -0.25) is 14.6 Å². The first-order valence-electron chi connectivity index (χ1n) is 8.49. The van der Waals surface area contributed by atoms with Gasteiger partial charge in [0.15, 0.2) is 6.10 Å². The fraction of sp³-hybridized carbons (Fsp3) is 0.263. The number of carboxylic acids is 1. The Bertz CT molecular complexity index is 840. The molecule has 0 saturated carbocycles. The number of aliphatic carboxylic acids is 1. The van der Waals surface area contributed by atoms with E-state index in [9.17, 15) is 14.4 Å². The lowest BCUT2D eigenvalue weighted by atomic mass is 10.1. The number of rotatable bonds is 6. The van der Waals surface area contributed by atoms with Gasteiger partial charge in [0.05, 0.1) is 0 Å². The average Bonchev–Trinajstić information content (AvgIpc) is 3.18. The largest absolute Gasteiger partial charge is 0.479 e. The zero-order valence-electron chi connectivity index (χ0n) is 14.4. The monoisotopic (exact) mass is 369 g/mol. The maximum atomic E-state index is 12.2. The van der Waals surface area contributed by atoms with Crippen molar-refractivity contribution in [1.82, 2.24) is 10.3 Å². The van der Waals surface area contributed by atoms with Crippen LogP contribution in [-0.2, 0) is 20.9 Å². The second-order valence-electron chi connectivity index (χ2n) is 6.14. The van der Waals surface area contributed by atoms with Crippen LogP contribution in [-0.4, -0.2) is 40.1 Å². The minimum Gasteiger partial charge on any atom is -0.479 e. The summed E-state index contributed by atoms with van der Waals surface area (Å²) >= 11 is 0. The summed E-state index contributed by atoms with van der Waals surface area (Å²) in [4.78, 5) is 39.1. The number of carboxylic acid groups (broad SMARTS) is 1. The van der Waals surface area contributed by atoms with Crippen molar-refractivity contribution in [2.24, 2.45) is 0 Å². The summed E-state index contributed by atoms with van der Waals surface area (Å²) in [6.45, 7) is 0.245. The molecule has 140 valence electrons. The second-order valence-corrected chi connectivity index (χ2v) is 6.14. The molecule has 1 aliphatic heterocycles. The zero-order chi connectivity index (χ0) is 19.2. The first-order chi connectivity index (χ1) is 13.0. The summed E-state index contributed by atoms with van der Waals surface area (Å²) in [5, 5.41) is 14.4. The molecule has 1 aliphatic rings. The minimum absolute atomic E-state index is 0.245. The number of amides is 2. The molecule has 1 saturated heterocycles. The van der Waals surface area contributed by atoms with Crippen LogP contribution in [0.4, 0.5) is 5.69 Å². The number of aromatic nitrogens is 1. The van der Waals surface area contributed by atoms with Crippen molar-refractivity contribution in [3.05, 3.63) is 59.9 Å². The van der Waals surface area contributed by atoms with E-state index in [1.807, 2.05) is 6.07 Å². The Morgan fingerprint density at radius 2 is 1.85 bits per heavy atom. The summed E-state index contributed by atoms with van der Waals surface area (Å²) in [6.07, 6.45) is 2.12. The Morgan fingerprint density at radius 1 is 1.11 bits per heavy atom. The van der Waals surface area contributed by atoms with Crippen molar-refractivity contribution in [3.63, 3.8) is 0 Å². The van der Waals surface area contributed by atoms with Crippen LogP contribution in [0.3, 0.4) is 0 Å². The number of nitrogens with one attached hydrogen (secondary N) is 2. The molecule has 1 aromatic carbocycles. The van der Waals surface area contributed by atoms with E-state index in [2.05, 4.69) is 15.6 Å². The van der Waals surface area contributed by atoms with Crippen molar-refractivity contribution in [2.75, 3.05) is 5.32 Å². The minimum atomic E-state index is -1.05. The summed E-state index contributed by atoms with van der Waals surface area (Å²) in [5.41, 5.74) is 1.89. The maximum absolute atomic E-state index is 12.2. The van der Waals surface area contributed by atoms with E-state index in [1.165, 1.54) is 0 Å². The van der Waals surface area contributed by atoms with Crippen molar-refractivity contribution >= 4 is 23.5 Å². The van der Waals surface area contributed by atoms with Crippen LogP contribution < -0.4 is 10.6 Å². The Labute approximate surface area is 155 Å². The number of nitrogens with zero attached hydrogens (tertiary/aromatic N) is 1. The summed E-state index contributed by atoms with van der Waals surface area (Å²) < 4.78 is 5.22. The molecule has 0 unspecified atom stereocenters. The van der Waals surface area contributed by atoms with Gasteiger partial charge in [0.25, 0.3) is 5.91 Å². The highest BCUT2D eigenvalue weighted by Crippen LogP contribution is 2.20. The molecule has 2 aromatic rings. The molecule has 0 radical (unpaired) electrons. The van der Waals surface area contributed by atoms with Crippen LogP contribution >= 0.6 is 0 Å². The molecule has 3 N–H and O–H groups in total. The molecular weight excluding hydrogens is 350 g/mol. The zero-order valence-corrected chi connectivity index (χ0v) is 14.4. The summed E-state index contributed by atoms with van der Waals surface area (Å²) in [7, 11) is 0. The van der Waals surface area contributed by atoms with E-state index >= 15 is 0 Å². The number of ether oxygens (including phenoxy) is 1. The lowest BCUT2D eigenvalue weighted by Crippen LogP contribution is -2.35. The van der Waals surface area contributed by atoms with Gasteiger partial charge in [-0.25, -0.2) is 4.79 Å². The fourth-order valence-corrected chi connectivity index (χ4v) is 2.78. The Hall–Kier alpha value is -3.26. The normalized spacial score (nSPS) is 18.7. The first kappa shape index (κ1) is 18.5. The van der Waals surface area contributed by atoms with Crippen molar-refractivity contribution in [1.29, 1.82) is 0 Å². The molecule has 0 spiro atoms. The maximum Gasteiger partial charge on any atom is 0.332 e. The molecule has 0 aliphatic carbocycles. The number of hydrogen-bond acceptors (Lipinski definition) is 5. The topological polar surface area (TPSA) is 118 Å². The molecule has 8 nitrogen and oxygen atoms in total. The smallest absolute Gasteiger partial charge is 0.332 e. The quantitative estimate of drug-likeness (QED) is 0.712. The van der Waals surface area contributed by atoms with E-state index in [4.69, 9.17) is 9.84 Å². The van der Waals surface area contributed by atoms with Gasteiger partial charge in [0.2, 0.25) is 5.91 Å². The van der Waals surface area contributed by atoms with Gasteiger partial charge in [-0.05, 0) is 42.7 Å². The molecular formula is C19H19N3O5. The summed E-state index contributed by atoms with van der Waals surface area (Å²) in [6, 6.07) is 10.3. The second kappa shape index (κ2) is 8.41. The molecule has 2 atom stereocenters. The van der Waals surface area contributed by atoms with Gasteiger partial charge in [-0.1, -0.05) is 12.1 Å². The van der Waals surface area contributed by atoms with Crippen molar-refractivity contribution in [2.45, 2.75) is 31.6 Å². The third kappa shape index (κ3) is 4.89. The third-order valence-corrected chi connectivity index (χ3v) is 4.18. The van der Waals surface area contributed by atoms with E-state index in [-0.39, 0.29) is 18.4 Å². The SMILES string of the molecule is O=C(Nc1cccc(CNC(=O)[C@@H]2CC[C@H](C(=O)O)O2)c1)c1ccncc1. The van der Waals surface area contributed by atoms with Crippen LogP contribution in [0.5, 0.6) is 0 Å². The van der Waals surface area contributed by atoms with Crippen molar-refractivity contribution in [3.8, 4) is 0 Å². The molecule has 0 bridgehead atoms. The fourth-order valence-electron chi connectivity index (χ4n) is 2.78. The number of carbonyl (C=O) groups excluding carboxylic acids is 2. The van der Waals surface area contributed by atoms with Gasteiger partial charge in [0, 0.05) is 30.2 Å². The van der Waals surface area contributed by atoms with E-state index < -0.39 is 18.2 Å². The van der Waals surface area contributed by atoms with E-state index in [1.54, 1.807) is 42.7 Å². The van der Waals surface area contributed by atoms with Crippen LogP contribution in [0, 0.1) is 0 Å². The molecule has 2 heterocycles. The van der Waals surface area contributed by atoms with E-state index in [0.717, 1.165) is 5.56 Å². The van der Waals surface area contributed by atoms with E-state index in [0.29, 0.717) is 24.1 Å². The molecule has 3 rings (SSSR count). The van der Waals surface area contributed by atoms with Crippen LogP contribution in [0.15, 0.2) is 48.8 Å². The van der Waals surface area contributed by atoms with Crippen LogP contribution in [0.25, 0.3) is 0 Å². The molecule has 1 aromatic heterocycles. The molecule has 1 fully saturated rings. The molecule has 27 heavy (non-hydrogen) atoms. The lowest BCUT2D eigenvalue weighted by Gasteiger charge is -2.12. The molecule has 2 amide bonds. The predicted octanol–water partition coefficient (Wildman–Crippen LogP) is 1.58. The number of hydrogen-bond donors (Lipinski definition) is 3. The number of benzene rings is 1. The van der Waals surface area contributed by atoms with Gasteiger partial charge in [-0.15, -0.1) is 0 Å². The Kier molecular flexibility index (Phi) is 5.77. The highest BCUT2D eigenvalue weighted by atomic mass is 16.5. The van der Waals surface area contributed by atoms with Crippen LogP contribution in [0.2, 0.25) is 0 Å². The van der Waals surface area contributed by atoms with Crippen LogP contribution in [0.1, 0.15) is 28.8 Å². The van der Waals surface area contributed by atoms with Gasteiger partial charge >= 0.3 is 5.97 Å². The highest BCUT2D eigenvalue weighted by molar-refractivity contribution is 6.04. The Balaban J connectivity index is 1.54. The third-order valence-electron chi connectivity index (χ3n) is 4.18. The van der Waals surface area contributed by atoms with Gasteiger partial charge in [-0.2, -0.15) is 0 Å². The Morgan fingerprint density at radius 3 is 2.56 bits per heavy atom. The summed E-state index contributed by atoms with van der Waals surface area (Å²) in [5.74, 6) is -1.65. The first-order valence-corrected chi connectivity index (χ1v) is 8.49. The highest BCUT2D eigenvalue weighted by Gasteiger charge is 2.34. The van der Waals surface area contributed by atoms with Crippen molar-refractivity contribution < 1.29 is 24.2 Å². The lowest BCUT2D eigenvalue weighted by molar-refractivity contribution is -0.151. The average molecular weight is 369 g/mol. The van der Waals surface area contributed by atoms with Gasteiger partial charge < -0.3 is 20.5 Å². The molecule has 8 heteroatoms. The predicted molar refractivity (Wildman–Crippen MR) is 96.0 cm³/mol. The number of pyridine rings is 1. The van der Waals surface area contributed by atoms with Gasteiger partial charge in [0.1, 0.15) is 6.10 Å². The number of carbonyl (C=O) groups is 3. The standard InChI is InChI=1S/C19H19N3O5/c23-17(13-6-8-20-9-7-13)22-14-3-1-2-12(10-14)11-21-18(24)15-4-5-16(27-15)19(25)26/h1-3,6-10,15-16H,4-5,11H2,(H,21,24)(H,22,23)(H,25,26)/t15-,16+/m0/s1.